The summed E-state index contributed by atoms with van der Waals surface area (Å²) in [4.78, 5) is 77.8. The smallest absolute Gasteiger partial charge is 0.260 e. The molecule has 0 unspecified atom stereocenters. The predicted molar refractivity (Wildman–Crippen MR) is 255 cm³/mol. The van der Waals surface area contributed by atoms with Crippen LogP contribution in [0, 0.1) is 0 Å². The number of benzene rings is 4. The lowest BCUT2D eigenvalue weighted by atomic mass is 10.0. The summed E-state index contributed by atoms with van der Waals surface area (Å²) in [5.41, 5.74) is 6.36. The van der Waals surface area contributed by atoms with E-state index >= 15 is 0 Å². The molecular formula is C52H50N6O10. The van der Waals surface area contributed by atoms with Gasteiger partial charge in [-0.05, 0) is 71.5 Å². The number of carbonyl (C=O) groups is 5. The maximum Gasteiger partial charge on any atom is 0.260 e. The predicted octanol–water partition coefficient (Wildman–Crippen LogP) is 7.93. The Bertz CT molecular complexity index is 2800. The molecule has 0 radical (unpaired) electrons. The van der Waals surface area contributed by atoms with Gasteiger partial charge >= 0.3 is 0 Å². The van der Waals surface area contributed by atoms with E-state index in [4.69, 9.17) is 33.7 Å². The second-order valence-corrected chi connectivity index (χ2v) is 16.7. The van der Waals surface area contributed by atoms with Crippen LogP contribution in [0.3, 0.4) is 0 Å². The summed E-state index contributed by atoms with van der Waals surface area (Å²) in [5.74, 6) is 1.36. The van der Waals surface area contributed by atoms with Crippen molar-refractivity contribution < 1.29 is 47.7 Å². The second-order valence-electron chi connectivity index (χ2n) is 16.7. The average Bonchev–Trinajstić information content (AvgIpc) is 4.04. The zero-order valence-electron chi connectivity index (χ0n) is 37.9. The number of unbranched alkanes of at least 4 members (excludes halogenated alkanes) is 2. The van der Waals surface area contributed by atoms with E-state index < -0.39 is 0 Å². The van der Waals surface area contributed by atoms with Crippen molar-refractivity contribution >= 4 is 70.2 Å². The number of nitrogens with zero attached hydrogens (tertiary/aromatic N) is 5. The molecule has 0 fully saturated rings. The Morgan fingerprint density at radius 3 is 1.63 bits per heavy atom. The lowest BCUT2D eigenvalue weighted by Crippen LogP contribution is -2.32. The number of hydrogen-bond acceptors (Lipinski definition) is 12. The number of fused-ring (bicyclic) bond motifs is 4. The maximum absolute atomic E-state index is 14.0. The number of amides is 5. The van der Waals surface area contributed by atoms with Crippen LogP contribution in [0.4, 0.5) is 17.1 Å². The molecule has 68 heavy (non-hydrogen) atoms. The topological polar surface area (TPSA) is 178 Å². The van der Waals surface area contributed by atoms with Crippen molar-refractivity contribution in [2.24, 2.45) is 9.98 Å². The summed E-state index contributed by atoms with van der Waals surface area (Å²) in [6.45, 7) is 0.891. The number of methoxy groups -OCH3 is 3. The summed E-state index contributed by atoms with van der Waals surface area (Å²) >= 11 is 0. The minimum absolute atomic E-state index is 0.117. The number of imide groups is 1. The minimum atomic E-state index is -0.296. The van der Waals surface area contributed by atoms with Gasteiger partial charge < -0.3 is 38.8 Å². The van der Waals surface area contributed by atoms with Gasteiger partial charge in [-0.25, -0.2) is 0 Å². The van der Waals surface area contributed by atoms with E-state index in [1.54, 1.807) is 53.6 Å². The van der Waals surface area contributed by atoms with Crippen molar-refractivity contribution in [2.45, 2.75) is 57.0 Å². The van der Waals surface area contributed by atoms with Gasteiger partial charge in [-0.1, -0.05) is 30.7 Å². The molecule has 5 aliphatic heterocycles. The molecule has 5 aliphatic rings. The highest BCUT2D eigenvalue weighted by Crippen LogP contribution is 2.42. The van der Waals surface area contributed by atoms with Crippen molar-refractivity contribution in [1.82, 2.24) is 14.7 Å². The molecule has 5 amide bonds. The summed E-state index contributed by atoms with van der Waals surface area (Å²) in [6.07, 6.45) is 13.8. The van der Waals surface area contributed by atoms with E-state index in [2.05, 4.69) is 5.32 Å². The van der Waals surface area contributed by atoms with Crippen LogP contribution in [0.1, 0.15) is 76.8 Å². The molecule has 4 aromatic rings. The Hall–Kier alpha value is -8.01. The fourth-order valence-corrected chi connectivity index (χ4v) is 8.75. The van der Waals surface area contributed by atoms with Gasteiger partial charge in [-0.2, -0.15) is 0 Å². The molecule has 0 saturated carbocycles. The summed E-state index contributed by atoms with van der Waals surface area (Å²) in [6, 6.07) is 21.5. The highest BCUT2D eigenvalue weighted by molar-refractivity contribution is 6.13. The lowest BCUT2D eigenvalue weighted by molar-refractivity contribution is -0.136. The number of rotatable bonds is 18. The van der Waals surface area contributed by atoms with Crippen molar-refractivity contribution in [3.8, 4) is 28.7 Å². The number of ether oxygens (including phenoxy) is 5. The Labute approximate surface area is 393 Å². The monoisotopic (exact) mass is 918 g/mol. The Balaban J connectivity index is 0.766. The van der Waals surface area contributed by atoms with E-state index in [0.29, 0.717) is 103 Å². The van der Waals surface area contributed by atoms with Crippen molar-refractivity contribution in [1.29, 1.82) is 0 Å². The first kappa shape index (κ1) is 45.2. The standard InChI is InChI=1S/C52H50N6O10/c1-64-39-15-11-33(12-16-39)35-23-38-29-54-43-27-47(45(66-3)25-41(43)52(63)58(38)31-35)68-21-7-20-67-46-26-42-40(24-44(46)65-2)51(62)57-30-34(22-37(57)28-53-42)32-9-13-36(14-10-32)55-48(59)8-5-4-6-19-56-49(60)17-18-50(56)61/h9-18,24-31,37-38H,4-8,19-23H2,1-3H3,(H,55,59)/t37-,38-/m0/s1. The highest BCUT2D eigenvalue weighted by Gasteiger charge is 2.35. The Kier molecular flexibility index (Phi) is 13.2. The number of nitrogens with one attached hydrogen (secondary N) is 1. The van der Waals surface area contributed by atoms with Crippen LogP contribution in [-0.4, -0.2) is 110 Å². The van der Waals surface area contributed by atoms with Crippen LogP contribution in [0.15, 0.2) is 107 Å². The lowest BCUT2D eigenvalue weighted by Gasteiger charge is -2.19. The molecule has 0 saturated heterocycles. The van der Waals surface area contributed by atoms with Gasteiger partial charge in [-0.15, -0.1) is 0 Å². The average molecular weight is 919 g/mol. The molecular weight excluding hydrogens is 869 g/mol. The zero-order valence-corrected chi connectivity index (χ0v) is 37.9. The van der Waals surface area contributed by atoms with Gasteiger partial charge in [0.05, 0.1) is 69.1 Å². The van der Waals surface area contributed by atoms with E-state index in [9.17, 15) is 24.0 Å². The van der Waals surface area contributed by atoms with Crippen molar-refractivity contribution in [3.63, 3.8) is 0 Å². The molecule has 348 valence electrons. The number of anilines is 1. The number of carbonyl (C=O) groups excluding carboxylic acids is 5. The third kappa shape index (κ3) is 9.47. The first-order chi connectivity index (χ1) is 33.1. The van der Waals surface area contributed by atoms with Gasteiger partial charge in [0, 0.05) is 87.0 Å². The van der Waals surface area contributed by atoms with Gasteiger partial charge in [0.1, 0.15) is 5.75 Å². The Morgan fingerprint density at radius 2 is 1.13 bits per heavy atom. The molecule has 1 N–H and O–H groups in total. The Morgan fingerprint density at radius 1 is 0.618 bits per heavy atom. The molecule has 0 aliphatic carbocycles. The SMILES string of the molecule is COc1ccc(C2=CN3C(=O)c4cc(OC)c(OCCCOc5cc6c(cc5OC)C(=O)N5C=C(c7ccc(NC(=O)CCCCCN8C(=O)C=CC8=O)cc7)C[C@H]5C=N6)cc4N=C[C@@H]3C2)cc1. The molecule has 0 aromatic heterocycles. The summed E-state index contributed by atoms with van der Waals surface area (Å²) in [7, 11) is 4.68. The number of hydrogen-bond donors (Lipinski definition) is 1. The fraction of sp³-hybridized carbons (Fsp3) is 0.288. The van der Waals surface area contributed by atoms with E-state index in [-0.39, 0.29) is 54.8 Å². The fourth-order valence-electron chi connectivity index (χ4n) is 8.75. The van der Waals surface area contributed by atoms with Gasteiger partial charge in [0.15, 0.2) is 23.0 Å². The van der Waals surface area contributed by atoms with Gasteiger partial charge in [0.2, 0.25) is 5.91 Å². The highest BCUT2D eigenvalue weighted by atomic mass is 16.5. The van der Waals surface area contributed by atoms with Crippen LogP contribution in [0.25, 0.3) is 11.1 Å². The first-order valence-corrected chi connectivity index (χ1v) is 22.5. The van der Waals surface area contributed by atoms with Crippen LogP contribution in [0.2, 0.25) is 0 Å². The molecule has 0 spiro atoms. The molecule has 2 atom stereocenters. The molecule has 5 heterocycles. The third-order valence-corrected chi connectivity index (χ3v) is 12.4. The molecule has 16 heteroatoms. The van der Waals surface area contributed by atoms with Crippen LogP contribution in [-0.2, 0) is 14.4 Å². The maximum atomic E-state index is 14.0. The van der Waals surface area contributed by atoms with Gasteiger partial charge in [-0.3, -0.25) is 38.9 Å². The van der Waals surface area contributed by atoms with Crippen LogP contribution >= 0.6 is 0 Å². The zero-order chi connectivity index (χ0) is 47.3. The van der Waals surface area contributed by atoms with Crippen molar-refractivity contribution in [3.05, 3.63) is 120 Å². The van der Waals surface area contributed by atoms with E-state index in [1.165, 1.54) is 31.3 Å². The molecule has 0 bridgehead atoms. The largest absolute Gasteiger partial charge is 0.497 e. The van der Waals surface area contributed by atoms with E-state index in [0.717, 1.165) is 28.0 Å². The molecule has 4 aromatic carbocycles. The molecule has 9 rings (SSSR count). The minimum Gasteiger partial charge on any atom is -0.497 e. The quantitative estimate of drug-likeness (QED) is 0.0762. The summed E-state index contributed by atoms with van der Waals surface area (Å²) < 4.78 is 28.9. The van der Waals surface area contributed by atoms with Crippen LogP contribution in [0.5, 0.6) is 28.7 Å². The van der Waals surface area contributed by atoms with Gasteiger partial charge in [0.25, 0.3) is 23.6 Å². The van der Waals surface area contributed by atoms with E-state index in [1.807, 2.05) is 60.9 Å². The second kappa shape index (κ2) is 19.8. The van der Waals surface area contributed by atoms with Crippen molar-refractivity contribution in [2.75, 3.05) is 46.4 Å². The first-order valence-electron chi connectivity index (χ1n) is 22.5. The third-order valence-electron chi connectivity index (χ3n) is 12.4. The number of aliphatic imine (C=N–C) groups is 2. The molecule has 16 nitrogen and oxygen atoms in total. The normalized spacial score (nSPS) is 17.8. The summed E-state index contributed by atoms with van der Waals surface area (Å²) in [5, 5.41) is 2.93. The van der Waals surface area contributed by atoms with Crippen LogP contribution < -0.4 is 29.0 Å².